The molecule has 0 bridgehead atoms. The lowest BCUT2D eigenvalue weighted by Crippen LogP contribution is -2.39. The highest BCUT2D eigenvalue weighted by Crippen LogP contribution is 2.31. The van der Waals surface area contributed by atoms with Gasteiger partial charge in [0.2, 0.25) is 5.91 Å². The summed E-state index contributed by atoms with van der Waals surface area (Å²) in [6, 6.07) is 10.3. The highest BCUT2D eigenvalue weighted by Gasteiger charge is 2.29. The highest BCUT2D eigenvalue weighted by molar-refractivity contribution is 8.01. The average molecular weight is 267 g/mol. The fourth-order valence-corrected chi connectivity index (χ4v) is 4.96. The van der Waals surface area contributed by atoms with Gasteiger partial charge in [-0.15, -0.1) is 11.8 Å². The minimum atomic E-state index is -1.35. The summed E-state index contributed by atoms with van der Waals surface area (Å²) in [5.41, 5.74) is 0. The summed E-state index contributed by atoms with van der Waals surface area (Å²) in [5, 5.41) is 2.72. The maximum absolute atomic E-state index is 11.6. The third-order valence-electron chi connectivity index (χ3n) is 2.64. The number of carbonyl (C=O) groups is 1. The van der Waals surface area contributed by atoms with E-state index in [-0.39, 0.29) is 5.91 Å². The molecular weight excluding hydrogens is 246 g/mol. The minimum absolute atomic E-state index is 0.140. The van der Waals surface area contributed by atoms with Crippen LogP contribution in [0.5, 0.6) is 0 Å². The first-order valence-corrected chi connectivity index (χ1v) is 10.3. The number of hydrogen-bond acceptors (Lipinski definition) is 2. The monoisotopic (exact) mass is 267 g/mol. The molecule has 1 aromatic rings. The number of nitrogens with one attached hydrogen (secondary N) is 1. The molecule has 1 amide bonds. The van der Waals surface area contributed by atoms with E-state index in [0.29, 0.717) is 11.3 Å². The van der Waals surface area contributed by atoms with Crippen molar-refractivity contribution in [2.24, 2.45) is 0 Å². The van der Waals surface area contributed by atoms with E-state index >= 15 is 0 Å². The highest BCUT2D eigenvalue weighted by atomic mass is 32.2. The zero-order valence-corrected chi connectivity index (χ0v) is 12.8. The normalized spacial score (nSPS) is 13.2. The summed E-state index contributed by atoms with van der Waals surface area (Å²) < 4.78 is 0. The number of hydrogen-bond donors (Lipinski definition) is 1. The fraction of sp³-hybridized carbons (Fsp3) is 0.462. The minimum Gasteiger partial charge on any atom is -0.359 e. The first kappa shape index (κ1) is 14.3. The summed E-state index contributed by atoms with van der Waals surface area (Å²) in [6.07, 6.45) is 0.617. The van der Waals surface area contributed by atoms with E-state index in [4.69, 9.17) is 0 Å². The Kier molecular flexibility index (Phi) is 5.27. The molecular formula is C13H21NOSSi. The molecule has 1 atom stereocenters. The molecule has 1 N–H and O–H groups in total. The molecule has 0 aliphatic heterocycles. The zero-order valence-electron chi connectivity index (χ0n) is 11.0. The topological polar surface area (TPSA) is 29.1 Å². The van der Waals surface area contributed by atoms with Crippen LogP contribution in [0.1, 0.15) is 6.42 Å². The molecule has 94 valence electrons. The smallest absolute Gasteiger partial charge is 0.220 e. The standard InChI is InChI=1S/C13H21NOSSi/c1-14-12(15)10-13(17(2,3)4)16-11-8-6-5-7-9-11/h5-9,13H,10H2,1-4H3,(H,14,15). The van der Waals surface area contributed by atoms with Gasteiger partial charge >= 0.3 is 0 Å². The van der Waals surface area contributed by atoms with Gasteiger partial charge in [-0.25, -0.2) is 0 Å². The fourth-order valence-electron chi connectivity index (χ4n) is 1.46. The van der Waals surface area contributed by atoms with Gasteiger partial charge in [-0.1, -0.05) is 37.8 Å². The van der Waals surface area contributed by atoms with E-state index in [2.05, 4.69) is 37.1 Å². The van der Waals surface area contributed by atoms with E-state index in [9.17, 15) is 4.79 Å². The van der Waals surface area contributed by atoms with Crippen molar-refractivity contribution in [2.45, 2.75) is 35.8 Å². The molecule has 0 aromatic heterocycles. The molecule has 0 fully saturated rings. The lowest BCUT2D eigenvalue weighted by Gasteiger charge is -2.27. The predicted octanol–water partition coefficient (Wildman–Crippen LogP) is 3.16. The quantitative estimate of drug-likeness (QED) is 0.656. The van der Waals surface area contributed by atoms with Crippen LogP contribution in [0, 0.1) is 0 Å². The van der Waals surface area contributed by atoms with Gasteiger partial charge in [0.05, 0.1) is 8.07 Å². The summed E-state index contributed by atoms with van der Waals surface area (Å²) in [7, 11) is 0.359. The second-order valence-electron chi connectivity index (χ2n) is 5.16. The Labute approximate surface area is 109 Å². The molecule has 0 saturated carbocycles. The van der Waals surface area contributed by atoms with Gasteiger partial charge in [0.1, 0.15) is 0 Å². The summed E-state index contributed by atoms with van der Waals surface area (Å²) in [6.45, 7) is 6.95. The molecule has 1 aromatic carbocycles. The van der Waals surface area contributed by atoms with Crippen LogP contribution >= 0.6 is 11.8 Å². The number of thioether (sulfide) groups is 1. The first-order valence-electron chi connectivity index (χ1n) is 5.86. The summed E-state index contributed by atoms with van der Waals surface area (Å²) in [5.74, 6) is 0.140. The van der Waals surface area contributed by atoms with E-state index in [1.165, 1.54) is 4.90 Å². The van der Waals surface area contributed by atoms with Crippen molar-refractivity contribution in [1.82, 2.24) is 5.32 Å². The Morgan fingerprint density at radius 2 is 1.88 bits per heavy atom. The van der Waals surface area contributed by atoms with Crippen LogP contribution in [0.3, 0.4) is 0 Å². The van der Waals surface area contributed by atoms with Gasteiger partial charge < -0.3 is 5.32 Å². The molecule has 0 aliphatic rings. The first-order chi connectivity index (χ1) is 7.93. The molecule has 0 radical (unpaired) electrons. The van der Waals surface area contributed by atoms with Crippen LogP contribution < -0.4 is 5.32 Å². The van der Waals surface area contributed by atoms with Gasteiger partial charge in [0.25, 0.3) is 0 Å². The molecule has 4 heteroatoms. The Morgan fingerprint density at radius 3 is 2.35 bits per heavy atom. The second kappa shape index (κ2) is 6.26. The average Bonchev–Trinajstić information content (AvgIpc) is 2.28. The Bertz CT molecular complexity index is 361. The maximum atomic E-state index is 11.6. The SMILES string of the molecule is CNC(=O)CC(Sc1ccccc1)[Si](C)(C)C. The van der Waals surface area contributed by atoms with Crippen molar-refractivity contribution in [3.05, 3.63) is 30.3 Å². The number of amides is 1. The largest absolute Gasteiger partial charge is 0.359 e. The van der Waals surface area contributed by atoms with Crippen molar-refractivity contribution in [1.29, 1.82) is 0 Å². The van der Waals surface area contributed by atoms with Crippen LogP contribution in [0.25, 0.3) is 0 Å². The van der Waals surface area contributed by atoms with Crippen LogP contribution in [0.4, 0.5) is 0 Å². The van der Waals surface area contributed by atoms with Crippen LogP contribution in [0.2, 0.25) is 19.6 Å². The van der Waals surface area contributed by atoms with Crippen LogP contribution in [-0.2, 0) is 4.79 Å². The van der Waals surface area contributed by atoms with Crippen molar-refractivity contribution >= 4 is 25.7 Å². The van der Waals surface area contributed by atoms with Gasteiger partial charge in [-0.2, -0.15) is 0 Å². The van der Waals surface area contributed by atoms with E-state index in [1.807, 2.05) is 30.0 Å². The van der Waals surface area contributed by atoms with E-state index in [0.717, 1.165) is 0 Å². The molecule has 0 spiro atoms. The maximum Gasteiger partial charge on any atom is 0.220 e. The van der Waals surface area contributed by atoms with Gasteiger partial charge in [-0.3, -0.25) is 4.79 Å². The van der Waals surface area contributed by atoms with Gasteiger partial charge in [-0.05, 0) is 12.1 Å². The molecule has 0 saturated heterocycles. The Morgan fingerprint density at radius 1 is 1.29 bits per heavy atom. The Hall–Kier alpha value is -0.743. The molecule has 0 heterocycles. The number of rotatable bonds is 5. The zero-order chi connectivity index (χ0) is 12.9. The van der Waals surface area contributed by atoms with Crippen molar-refractivity contribution < 1.29 is 4.79 Å². The molecule has 17 heavy (non-hydrogen) atoms. The summed E-state index contributed by atoms with van der Waals surface area (Å²) >= 11 is 1.84. The molecule has 0 aliphatic carbocycles. The van der Waals surface area contributed by atoms with Gasteiger partial charge in [0.15, 0.2) is 0 Å². The third kappa shape index (κ3) is 4.96. The van der Waals surface area contributed by atoms with Crippen molar-refractivity contribution in [3.63, 3.8) is 0 Å². The molecule has 1 unspecified atom stereocenters. The number of carbonyl (C=O) groups excluding carboxylic acids is 1. The van der Waals surface area contributed by atoms with Crippen molar-refractivity contribution in [3.8, 4) is 0 Å². The predicted molar refractivity (Wildman–Crippen MR) is 78.1 cm³/mol. The summed E-state index contributed by atoms with van der Waals surface area (Å²) in [4.78, 5) is 13.2. The second-order valence-corrected chi connectivity index (χ2v) is 12.3. The van der Waals surface area contributed by atoms with Crippen molar-refractivity contribution in [2.75, 3.05) is 7.05 Å². The van der Waals surface area contributed by atoms with E-state index in [1.54, 1.807) is 7.05 Å². The van der Waals surface area contributed by atoms with Crippen LogP contribution in [0.15, 0.2) is 35.2 Å². The third-order valence-corrected chi connectivity index (χ3v) is 8.24. The van der Waals surface area contributed by atoms with E-state index < -0.39 is 8.07 Å². The van der Waals surface area contributed by atoms with Gasteiger partial charge in [0, 0.05) is 23.2 Å². The number of benzene rings is 1. The molecule has 2 nitrogen and oxygen atoms in total. The lowest BCUT2D eigenvalue weighted by molar-refractivity contribution is -0.120. The van der Waals surface area contributed by atoms with Crippen LogP contribution in [-0.4, -0.2) is 25.9 Å². The Balaban J connectivity index is 2.75. The molecule has 1 rings (SSSR count). The lowest BCUT2D eigenvalue weighted by atomic mass is 10.4.